The Balaban J connectivity index is 2.48. The number of hydrogen-bond acceptors (Lipinski definition) is 4. The van der Waals surface area contributed by atoms with Crippen molar-refractivity contribution in [2.24, 2.45) is 0 Å². The fraction of sp³-hybridized carbons (Fsp3) is 0.267. The van der Waals surface area contributed by atoms with Crippen LogP contribution in [0, 0.1) is 22.5 Å². The number of non-ortho nitro benzene ring substituents is 1. The summed E-state index contributed by atoms with van der Waals surface area (Å²) in [4.78, 5) is 14.9. The molecule has 1 heterocycles. The number of benzene rings is 1. The zero-order valence-corrected chi connectivity index (χ0v) is 11.2. The maximum atomic E-state index is 11.0. The third-order valence-electron chi connectivity index (χ3n) is 3.16. The Hall–Kier alpha value is -2.61. The van der Waals surface area contributed by atoms with Gasteiger partial charge in [0, 0.05) is 24.7 Å². The first-order chi connectivity index (χ1) is 9.67. The number of aromatic nitrogens is 1. The van der Waals surface area contributed by atoms with E-state index in [1.54, 1.807) is 24.4 Å². The minimum atomic E-state index is -0.396. The van der Waals surface area contributed by atoms with Crippen LogP contribution in [0.2, 0.25) is 0 Å². The van der Waals surface area contributed by atoms with E-state index in [-0.39, 0.29) is 11.7 Å². The Morgan fingerprint density at radius 2 is 2.30 bits per heavy atom. The molecule has 5 nitrogen and oxygen atoms in total. The highest BCUT2D eigenvalue weighted by molar-refractivity contribution is 5.96. The standard InChI is InChI=1S/C15H15N3O2/c1-3-6-11(4-2)17-13-8-9-14(18(19)20)12-7-5-10-16-15(12)13/h1,5,7-11,17H,4,6H2,2H3. The van der Waals surface area contributed by atoms with E-state index in [0.717, 1.165) is 12.1 Å². The first-order valence-electron chi connectivity index (χ1n) is 6.39. The van der Waals surface area contributed by atoms with Crippen molar-refractivity contribution in [3.8, 4) is 12.3 Å². The van der Waals surface area contributed by atoms with Crippen LogP contribution in [0.15, 0.2) is 30.5 Å². The van der Waals surface area contributed by atoms with Crippen LogP contribution < -0.4 is 5.32 Å². The summed E-state index contributed by atoms with van der Waals surface area (Å²) in [7, 11) is 0. The van der Waals surface area contributed by atoms with Gasteiger partial charge in [0.1, 0.15) is 5.52 Å². The first-order valence-corrected chi connectivity index (χ1v) is 6.39. The van der Waals surface area contributed by atoms with Gasteiger partial charge in [0.25, 0.3) is 5.69 Å². The van der Waals surface area contributed by atoms with E-state index in [2.05, 4.69) is 16.2 Å². The average molecular weight is 269 g/mol. The Morgan fingerprint density at radius 3 is 2.95 bits per heavy atom. The average Bonchev–Trinajstić information content (AvgIpc) is 2.46. The van der Waals surface area contributed by atoms with Gasteiger partial charge in [-0.2, -0.15) is 0 Å². The number of nitrogens with zero attached hydrogens (tertiary/aromatic N) is 2. The molecule has 0 saturated carbocycles. The third kappa shape index (κ3) is 2.69. The van der Waals surface area contributed by atoms with Gasteiger partial charge < -0.3 is 5.32 Å². The highest BCUT2D eigenvalue weighted by atomic mass is 16.6. The molecule has 2 rings (SSSR count). The molecule has 0 radical (unpaired) electrons. The lowest BCUT2D eigenvalue weighted by Crippen LogP contribution is -2.18. The minimum Gasteiger partial charge on any atom is -0.380 e. The molecule has 0 aliphatic heterocycles. The molecule has 0 aliphatic rings. The summed E-state index contributed by atoms with van der Waals surface area (Å²) < 4.78 is 0. The predicted octanol–water partition coefficient (Wildman–Crippen LogP) is 3.36. The van der Waals surface area contributed by atoms with E-state index < -0.39 is 4.92 Å². The fourth-order valence-electron chi connectivity index (χ4n) is 2.09. The molecular formula is C15H15N3O2. The van der Waals surface area contributed by atoms with Crippen molar-refractivity contribution < 1.29 is 4.92 Å². The minimum absolute atomic E-state index is 0.0589. The van der Waals surface area contributed by atoms with Crippen LogP contribution in [-0.2, 0) is 0 Å². The van der Waals surface area contributed by atoms with Gasteiger partial charge in [0.2, 0.25) is 0 Å². The van der Waals surface area contributed by atoms with Crippen molar-refractivity contribution in [1.29, 1.82) is 0 Å². The van der Waals surface area contributed by atoms with Crippen molar-refractivity contribution in [1.82, 2.24) is 4.98 Å². The Bertz CT molecular complexity index is 676. The number of nitro groups is 1. The predicted molar refractivity (Wildman–Crippen MR) is 79.5 cm³/mol. The van der Waals surface area contributed by atoms with Crippen LogP contribution in [0.4, 0.5) is 11.4 Å². The quantitative estimate of drug-likeness (QED) is 0.513. The van der Waals surface area contributed by atoms with Crippen molar-refractivity contribution in [3.63, 3.8) is 0 Å². The number of hydrogen-bond donors (Lipinski definition) is 1. The summed E-state index contributed by atoms with van der Waals surface area (Å²) in [6.07, 6.45) is 8.43. The lowest BCUT2D eigenvalue weighted by Gasteiger charge is -2.16. The fourth-order valence-corrected chi connectivity index (χ4v) is 2.09. The Kier molecular flexibility index (Phi) is 4.16. The molecule has 1 N–H and O–H groups in total. The molecule has 1 aromatic heterocycles. The van der Waals surface area contributed by atoms with Crippen molar-refractivity contribution in [2.75, 3.05) is 5.32 Å². The molecular weight excluding hydrogens is 254 g/mol. The zero-order chi connectivity index (χ0) is 14.5. The van der Waals surface area contributed by atoms with Crippen molar-refractivity contribution in [2.45, 2.75) is 25.8 Å². The van der Waals surface area contributed by atoms with Gasteiger partial charge in [-0.1, -0.05) is 6.92 Å². The first kappa shape index (κ1) is 13.8. The smallest absolute Gasteiger partial charge is 0.278 e. The molecule has 20 heavy (non-hydrogen) atoms. The molecule has 1 unspecified atom stereocenters. The van der Waals surface area contributed by atoms with Gasteiger partial charge in [0.15, 0.2) is 0 Å². The number of anilines is 1. The topological polar surface area (TPSA) is 68.1 Å². The molecule has 2 aromatic rings. The second-order valence-corrected chi connectivity index (χ2v) is 4.45. The van der Waals surface area contributed by atoms with Gasteiger partial charge in [-0.05, 0) is 24.6 Å². The molecule has 0 bridgehead atoms. The molecule has 0 aliphatic carbocycles. The Labute approximate surface area is 117 Å². The summed E-state index contributed by atoms with van der Waals surface area (Å²) >= 11 is 0. The van der Waals surface area contributed by atoms with E-state index >= 15 is 0 Å². The number of nitro benzene ring substituents is 1. The van der Waals surface area contributed by atoms with Crippen molar-refractivity contribution in [3.05, 3.63) is 40.6 Å². The van der Waals surface area contributed by atoms with E-state index in [1.807, 2.05) is 6.92 Å². The van der Waals surface area contributed by atoms with Crippen LogP contribution in [0.25, 0.3) is 10.9 Å². The lowest BCUT2D eigenvalue weighted by atomic mass is 10.1. The molecule has 102 valence electrons. The summed E-state index contributed by atoms with van der Waals surface area (Å²) in [6.45, 7) is 2.04. The maximum absolute atomic E-state index is 11.0. The summed E-state index contributed by atoms with van der Waals surface area (Å²) in [5, 5.41) is 14.9. The summed E-state index contributed by atoms with van der Waals surface area (Å²) in [5.74, 6) is 2.63. The van der Waals surface area contributed by atoms with Crippen LogP contribution in [-0.4, -0.2) is 15.9 Å². The van der Waals surface area contributed by atoms with Crippen LogP contribution in [0.3, 0.4) is 0 Å². The number of terminal acetylenes is 1. The van der Waals surface area contributed by atoms with Crippen molar-refractivity contribution >= 4 is 22.3 Å². The molecule has 1 aromatic carbocycles. The molecule has 1 atom stereocenters. The van der Waals surface area contributed by atoms with Gasteiger partial charge in [0.05, 0.1) is 16.0 Å². The number of rotatable bonds is 5. The monoisotopic (exact) mass is 269 g/mol. The van der Waals surface area contributed by atoms with E-state index in [0.29, 0.717) is 17.3 Å². The normalized spacial score (nSPS) is 11.8. The second kappa shape index (κ2) is 6.02. The maximum Gasteiger partial charge on any atom is 0.278 e. The number of fused-ring (bicyclic) bond motifs is 1. The SMILES string of the molecule is C#CCC(CC)Nc1ccc([N+](=O)[O-])c2cccnc12. The number of nitrogens with one attached hydrogen (secondary N) is 1. The number of pyridine rings is 1. The molecule has 5 heteroatoms. The van der Waals surface area contributed by atoms with E-state index in [9.17, 15) is 10.1 Å². The van der Waals surface area contributed by atoms with Crippen LogP contribution >= 0.6 is 0 Å². The zero-order valence-electron chi connectivity index (χ0n) is 11.2. The highest BCUT2D eigenvalue weighted by Crippen LogP contribution is 2.30. The van der Waals surface area contributed by atoms with Crippen LogP contribution in [0.1, 0.15) is 19.8 Å². The largest absolute Gasteiger partial charge is 0.380 e. The van der Waals surface area contributed by atoms with Gasteiger partial charge in [-0.25, -0.2) is 0 Å². The molecule has 0 amide bonds. The molecule has 0 saturated heterocycles. The summed E-state index contributed by atoms with van der Waals surface area (Å²) in [6, 6.07) is 6.71. The Morgan fingerprint density at radius 1 is 1.50 bits per heavy atom. The van der Waals surface area contributed by atoms with Gasteiger partial charge >= 0.3 is 0 Å². The molecule has 0 fully saturated rings. The van der Waals surface area contributed by atoms with E-state index in [1.165, 1.54) is 6.07 Å². The summed E-state index contributed by atoms with van der Waals surface area (Å²) in [5.41, 5.74) is 1.43. The van der Waals surface area contributed by atoms with Gasteiger partial charge in [-0.3, -0.25) is 15.1 Å². The second-order valence-electron chi connectivity index (χ2n) is 4.45. The van der Waals surface area contributed by atoms with Crippen LogP contribution in [0.5, 0.6) is 0 Å². The van der Waals surface area contributed by atoms with Gasteiger partial charge in [-0.15, -0.1) is 12.3 Å². The highest BCUT2D eigenvalue weighted by Gasteiger charge is 2.16. The molecule has 0 spiro atoms. The third-order valence-corrected chi connectivity index (χ3v) is 3.16. The van der Waals surface area contributed by atoms with E-state index in [4.69, 9.17) is 6.42 Å². The lowest BCUT2D eigenvalue weighted by molar-refractivity contribution is -0.383.